The molecule has 0 aliphatic rings. The van der Waals surface area contributed by atoms with E-state index in [-0.39, 0.29) is 0 Å². The highest BCUT2D eigenvalue weighted by atomic mass is 79.9. The summed E-state index contributed by atoms with van der Waals surface area (Å²) in [5.41, 5.74) is 1.41. The van der Waals surface area contributed by atoms with Crippen LogP contribution in [-0.4, -0.2) is 8.07 Å². The molecule has 0 heterocycles. The van der Waals surface area contributed by atoms with Gasteiger partial charge in [-0.2, -0.15) is 0 Å². The molecule has 0 radical (unpaired) electrons. The molecule has 0 saturated carbocycles. The summed E-state index contributed by atoms with van der Waals surface area (Å²) in [6.45, 7) is 7.12. The molecule has 0 aromatic heterocycles. The van der Waals surface area contributed by atoms with Gasteiger partial charge in [-0.15, -0.1) is 0 Å². The van der Waals surface area contributed by atoms with Crippen molar-refractivity contribution in [1.29, 1.82) is 0 Å². The Bertz CT molecular complexity index is 238. The van der Waals surface area contributed by atoms with E-state index < -0.39 is 8.07 Å². The summed E-state index contributed by atoms with van der Waals surface area (Å²) in [4.78, 5) is 0. The van der Waals surface area contributed by atoms with E-state index in [0.717, 1.165) is 0 Å². The third kappa shape index (κ3) is 2.46. The maximum atomic E-state index is 3.77. The maximum absolute atomic E-state index is 3.77. The minimum absolute atomic E-state index is 0.575. The Hall–Kier alpha value is -0.0831. The molecule has 0 saturated heterocycles. The fourth-order valence-electron chi connectivity index (χ4n) is 1.12. The van der Waals surface area contributed by atoms with Crippen molar-refractivity contribution >= 4 is 24.0 Å². The number of rotatable bonds is 2. The van der Waals surface area contributed by atoms with E-state index >= 15 is 0 Å². The van der Waals surface area contributed by atoms with Gasteiger partial charge in [-0.1, -0.05) is 65.9 Å². The van der Waals surface area contributed by atoms with Gasteiger partial charge >= 0.3 is 0 Å². The molecule has 66 valence electrons. The topological polar surface area (TPSA) is 0 Å². The van der Waals surface area contributed by atoms with Gasteiger partial charge in [0.1, 0.15) is 0 Å². The van der Waals surface area contributed by atoms with Gasteiger partial charge in [-0.05, 0) is 5.56 Å². The van der Waals surface area contributed by atoms with Crippen molar-refractivity contribution in [3.63, 3.8) is 0 Å². The molecule has 1 rings (SSSR count). The van der Waals surface area contributed by atoms with E-state index in [2.05, 4.69) is 65.9 Å². The Balaban J connectivity index is 2.86. The van der Waals surface area contributed by atoms with Crippen LogP contribution < -0.4 is 0 Å². The lowest BCUT2D eigenvalue weighted by Crippen LogP contribution is -2.26. The van der Waals surface area contributed by atoms with Crippen LogP contribution in [0.1, 0.15) is 10.0 Å². The van der Waals surface area contributed by atoms with Gasteiger partial charge in [0.05, 0.1) is 8.07 Å². The van der Waals surface area contributed by atoms with Crippen LogP contribution in [0.4, 0.5) is 0 Å². The molecule has 0 bridgehead atoms. The first-order valence-electron chi connectivity index (χ1n) is 4.21. The highest BCUT2D eigenvalue weighted by molar-refractivity contribution is 9.09. The molecule has 0 fully saturated rings. The number of hydrogen-bond donors (Lipinski definition) is 0. The van der Waals surface area contributed by atoms with Crippen LogP contribution >= 0.6 is 15.9 Å². The Morgan fingerprint density at radius 2 is 1.58 bits per heavy atom. The average molecular weight is 243 g/mol. The third-order valence-electron chi connectivity index (χ3n) is 1.85. The first-order chi connectivity index (χ1) is 5.52. The molecule has 0 N–H and O–H groups in total. The lowest BCUT2D eigenvalue weighted by Gasteiger charge is -2.23. The Morgan fingerprint density at radius 1 is 1.08 bits per heavy atom. The molecule has 1 atom stereocenters. The summed E-state index contributed by atoms with van der Waals surface area (Å²) in [6, 6.07) is 10.6. The molecular weight excluding hydrogens is 228 g/mol. The van der Waals surface area contributed by atoms with E-state index in [1.165, 1.54) is 5.56 Å². The quantitative estimate of drug-likeness (QED) is 0.544. The third-order valence-corrected chi connectivity index (χ3v) is 8.36. The van der Waals surface area contributed by atoms with Crippen LogP contribution in [0.25, 0.3) is 0 Å². The first-order valence-corrected chi connectivity index (χ1v) is 8.70. The molecule has 0 nitrogen and oxygen atoms in total. The molecule has 0 aliphatic heterocycles. The minimum atomic E-state index is -1.08. The van der Waals surface area contributed by atoms with Crippen LogP contribution in [0, 0.1) is 0 Å². The van der Waals surface area contributed by atoms with Crippen LogP contribution in [-0.2, 0) is 0 Å². The number of hydrogen-bond acceptors (Lipinski definition) is 0. The minimum Gasteiger partial charge on any atom is -0.0875 e. The summed E-state index contributed by atoms with van der Waals surface area (Å²) in [6.07, 6.45) is 0. The molecular formula is C10H15BrSi. The van der Waals surface area contributed by atoms with Crippen LogP contribution in [0.5, 0.6) is 0 Å². The molecule has 1 aromatic carbocycles. The highest BCUT2D eigenvalue weighted by Gasteiger charge is 2.24. The Morgan fingerprint density at radius 3 is 2.00 bits per heavy atom. The molecule has 12 heavy (non-hydrogen) atoms. The van der Waals surface area contributed by atoms with Gasteiger partial charge in [0.25, 0.3) is 0 Å². The van der Waals surface area contributed by atoms with Gasteiger partial charge in [0.15, 0.2) is 0 Å². The second-order valence-electron chi connectivity index (χ2n) is 4.14. The fraction of sp³-hybridized carbons (Fsp3) is 0.400. The Kier molecular flexibility index (Phi) is 3.13. The SMILES string of the molecule is C[Si](C)(C)[C@H](Br)c1ccccc1. The van der Waals surface area contributed by atoms with E-state index in [1.54, 1.807) is 0 Å². The van der Waals surface area contributed by atoms with E-state index in [9.17, 15) is 0 Å². The van der Waals surface area contributed by atoms with Crippen molar-refractivity contribution < 1.29 is 0 Å². The van der Waals surface area contributed by atoms with Crippen LogP contribution in [0.15, 0.2) is 30.3 Å². The normalized spacial score (nSPS) is 14.3. The zero-order valence-corrected chi connectivity index (χ0v) is 10.4. The summed E-state index contributed by atoms with van der Waals surface area (Å²) in [5.74, 6) is 0. The predicted molar refractivity (Wildman–Crippen MR) is 61.5 cm³/mol. The summed E-state index contributed by atoms with van der Waals surface area (Å²) >= 11 is 3.77. The fourth-order valence-corrected chi connectivity index (χ4v) is 2.62. The smallest absolute Gasteiger partial charge is 0.0651 e. The van der Waals surface area contributed by atoms with Gasteiger partial charge in [0.2, 0.25) is 0 Å². The van der Waals surface area contributed by atoms with Crippen molar-refractivity contribution in [1.82, 2.24) is 0 Å². The summed E-state index contributed by atoms with van der Waals surface area (Å²) < 4.78 is 0.575. The molecule has 0 unspecified atom stereocenters. The van der Waals surface area contributed by atoms with Gasteiger partial charge in [0, 0.05) is 4.45 Å². The number of benzene rings is 1. The van der Waals surface area contributed by atoms with Gasteiger partial charge < -0.3 is 0 Å². The molecule has 2 heteroatoms. The zero-order valence-electron chi connectivity index (χ0n) is 7.84. The van der Waals surface area contributed by atoms with Crippen LogP contribution in [0.3, 0.4) is 0 Å². The highest BCUT2D eigenvalue weighted by Crippen LogP contribution is 2.32. The second-order valence-corrected chi connectivity index (χ2v) is 11.2. The monoisotopic (exact) mass is 242 g/mol. The molecule has 0 aliphatic carbocycles. The molecule has 0 amide bonds. The zero-order chi connectivity index (χ0) is 9.19. The second kappa shape index (κ2) is 3.75. The molecule has 0 spiro atoms. The summed E-state index contributed by atoms with van der Waals surface area (Å²) in [5, 5.41) is 0. The lowest BCUT2D eigenvalue weighted by molar-refractivity contribution is 1.29. The van der Waals surface area contributed by atoms with Gasteiger partial charge in [-0.3, -0.25) is 0 Å². The Labute approximate surface area is 84.1 Å². The van der Waals surface area contributed by atoms with Crippen molar-refractivity contribution in [3.05, 3.63) is 35.9 Å². The standard InChI is InChI=1S/C10H15BrSi/c1-12(2,3)10(11)9-7-5-4-6-8-9/h4-8,10H,1-3H3/t10-/m0/s1. The molecule has 1 aromatic rings. The van der Waals surface area contributed by atoms with E-state index in [4.69, 9.17) is 0 Å². The van der Waals surface area contributed by atoms with Gasteiger partial charge in [-0.25, -0.2) is 0 Å². The lowest BCUT2D eigenvalue weighted by atomic mass is 10.2. The maximum Gasteiger partial charge on any atom is 0.0651 e. The largest absolute Gasteiger partial charge is 0.0875 e. The van der Waals surface area contributed by atoms with Crippen molar-refractivity contribution in [3.8, 4) is 0 Å². The van der Waals surface area contributed by atoms with Crippen molar-refractivity contribution in [2.75, 3.05) is 0 Å². The number of halogens is 1. The predicted octanol–water partition coefficient (Wildman–Crippen LogP) is 4.00. The van der Waals surface area contributed by atoms with Crippen molar-refractivity contribution in [2.45, 2.75) is 24.1 Å². The van der Waals surface area contributed by atoms with Crippen LogP contribution in [0.2, 0.25) is 19.6 Å². The van der Waals surface area contributed by atoms with E-state index in [1.807, 2.05) is 0 Å². The van der Waals surface area contributed by atoms with E-state index in [0.29, 0.717) is 4.45 Å². The van der Waals surface area contributed by atoms with Crippen molar-refractivity contribution in [2.24, 2.45) is 0 Å². The number of alkyl halides is 1. The first kappa shape index (κ1) is 10.0. The average Bonchev–Trinajstić information content (AvgIpc) is 2.03. The summed E-state index contributed by atoms with van der Waals surface area (Å²) in [7, 11) is -1.08.